The molecule has 0 bridgehead atoms. The Bertz CT molecular complexity index is 922. The summed E-state index contributed by atoms with van der Waals surface area (Å²) in [6.07, 6.45) is 3.93. The van der Waals surface area contributed by atoms with Gasteiger partial charge < -0.3 is 9.64 Å². The second-order valence-corrected chi connectivity index (χ2v) is 8.82. The number of amides is 1. The van der Waals surface area contributed by atoms with Gasteiger partial charge in [0.05, 0.1) is 42.0 Å². The first-order valence-electron chi connectivity index (χ1n) is 8.49. The Labute approximate surface area is 151 Å². The molecule has 1 aromatic heterocycles. The number of hydrogen-bond acceptors (Lipinski definition) is 6. The van der Waals surface area contributed by atoms with Gasteiger partial charge in [-0.25, -0.2) is 13.1 Å². The van der Waals surface area contributed by atoms with Gasteiger partial charge in [0, 0.05) is 19.3 Å². The molecule has 0 unspecified atom stereocenters. The minimum Gasteiger partial charge on any atom is -0.370 e. The average molecular weight is 376 g/mol. The van der Waals surface area contributed by atoms with Gasteiger partial charge in [0.25, 0.3) is 0 Å². The average Bonchev–Trinajstić information content (AvgIpc) is 3.10. The molecule has 138 valence electrons. The summed E-state index contributed by atoms with van der Waals surface area (Å²) in [6, 6.07) is 6.47. The van der Waals surface area contributed by atoms with Crippen LogP contribution in [0.25, 0.3) is 0 Å². The summed E-state index contributed by atoms with van der Waals surface area (Å²) in [5, 5.41) is 8.08. The van der Waals surface area contributed by atoms with Crippen molar-refractivity contribution >= 4 is 15.7 Å². The van der Waals surface area contributed by atoms with E-state index in [-0.39, 0.29) is 29.4 Å². The lowest BCUT2D eigenvalue weighted by Crippen LogP contribution is -2.50. The Morgan fingerprint density at radius 3 is 2.81 bits per heavy atom. The lowest BCUT2D eigenvalue weighted by Gasteiger charge is -2.41. The molecule has 1 saturated heterocycles. The van der Waals surface area contributed by atoms with Crippen LogP contribution >= 0.6 is 0 Å². The maximum atomic E-state index is 12.7. The number of carbonyl (C=O) groups is 1. The third-order valence-corrected chi connectivity index (χ3v) is 6.12. The Hall–Kier alpha value is -2.26. The molecule has 0 radical (unpaired) electrons. The molecule has 2 aliphatic heterocycles. The summed E-state index contributed by atoms with van der Waals surface area (Å²) >= 11 is 0. The number of ether oxygens (including phenoxy) is 1. The molecular weight excluding hydrogens is 356 g/mol. The fourth-order valence-corrected chi connectivity index (χ4v) is 4.18. The maximum Gasteiger partial charge on any atom is 0.227 e. The smallest absolute Gasteiger partial charge is 0.227 e. The standard InChI is InChI=1S/C17H20N4O4S/c1-26(23,24)14-4-2-12(3-5-14)8-17(22)20-7-6-16-15(10-20)21-13(11-25-16)9-18-19-21/h2-5,9,15-16H,6-8,10-11H2,1H3/t15-,16-/m0/s1. The van der Waals surface area contributed by atoms with E-state index in [1.54, 1.807) is 30.5 Å². The number of hydrogen-bond donors (Lipinski definition) is 0. The first kappa shape index (κ1) is 17.2. The molecule has 0 saturated carbocycles. The van der Waals surface area contributed by atoms with Crippen LogP contribution in [0.2, 0.25) is 0 Å². The number of rotatable bonds is 3. The molecule has 2 atom stereocenters. The molecule has 3 heterocycles. The van der Waals surface area contributed by atoms with Crippen LogP contribution in [0.5, 0.6) is 0 Å². The molecule has 9 heteroatoms. The molecule has 26 heavy (non-hydrogen) atoms. The number of sulfone groups is 1. The molecule has 1 fully saturated rings. The van der Waals surface area contributed by atoms with Crippen molar-refractivity contribution in [1.82, 2.24) is 19.9 Å². The van der Waals surface area contributed by atoms with Gasteiger partial charge in [-0.1, -0.05) is 17.3 Å². The molecule has 0 aliphatic carbocycles. The Kier molecular flexibility index (Phi) is 4.28. The Morgan fingerprint density at radius 1 is 1.31 bits per heavy atom. The van der Waals surface area contributed by atoms with Gasteiger partial charge in [-0.15, -0.1) is 5.10 Å². The normalized spacial score (nSPS) is 22.6. The second kappa shape index (κ2) is 6.48. The lowest BCUT2D eigenvalue weighted by atomic mass is 9.99. The van der Waals surface area contributed by atoms with E-state index >= 15 is 0 Å². The van der Waals surface area contributed by atoms with Crippen LogP contribution in [0.1, 0.15) is 23.7 Å². The minimum absolute atomic E-state index is 0.00781. The molecule has 0 spiro atoms. The summed E-state index contributed by atoms with van der Waals surface area (Å²) in [7, 11) is -3.23. The number of carbonyl (C=O) groups excluding carboxylic acids is 1. The Balaban J connectivity index is 1.45. The first-order valence-corrected chi connectivity index (χ1v) is 10.4. The highest BCUT2D eigenvalue weighted by Gasteiger charge is 2.37. The van der Waals surface area contributed by atoms with Crippen molar-refractivity contribution in [3.05, 3.63) is 41.7 Å². The zero-order chi connectivity index (χ0) is 18.3. The fraction of sp³-hybridized carbons (Fsp3) is 0.471. The number of nitrogens with zero attached hydrogens (tertiary/aromatic N) is 4. The van der Waals surface area contributed by atoms with E-state index in [4.69, 9.17) is 4.74 Å². The van der Waals surface area contributed by atoms with Gasteiger partial charge >= 0.3 is 0 Å². The third-order valence-electron chi connectivity index (χ3n) is 4.99. The first-order chi connectivity index (χ1) is 12.4. The van der Waals surface area contributed by atoms with Gasteiger partial charge in [-0.05, 0) is 24.1 Å². The summed E-state index contributed by atoms with van der Waals surface area (Å²) in [6.45, 7) is 1.70. The molecule has 0 N–H and O–H groups in total. The molecule has 1 aromatic carbocycles. The molecule has 2 aromatic rings. The number of fused-ring (bicyclic) bond motifs is 3. The highest BCUT2D eigenvalue weighted by molar-refractivity contribution is 7.90. The van der Waals surface area contributed by atoms with Gasteiger partial charge in [0.15, 0.2) is 9.84 Å². The van der Waals surface area contributed by atoms with E-state index < -0.39 is 9.84 Å². The zero-order valence-electron chi connectivity index (χ0n) is 14.4. The van der Waals surface area contributed by atoms with Crippen LogP contribution in [0.15, 0.2) is 35.4 Å². The summed E-state index contributed by atoms with van der Waals surface area (Å²) in [4.78, 5) is 14.8. The van der Waals surface area contributed by atoms with E-state index in [0.717, 1.165) is 17.7 Å². The van der Waals surface area contributed by atoms with Gasteiger partial charge in [-0.3, -0.25) is 4.79 Å². The number of benzene rings is 1. The third kappa shape index (κ3) is 3.24. The molecule has 4 rings (SSSR count). The van der Waals surface area contributed by atoms with Crippen molar-refractivity contribution < 1.29 is 17.9 Å². The monoisotopic (exact) mass is 376 g/mol. The SMILES string of the molecule is CS(=O)(=O)c1ccc(CC(=O)N2CC[C@@H]3OCc4cnnn4[C@H]3C2)cc1. The van der Waals surface area contributed by atoms with E-state index in [2.05, 4.69) is 10.3 Å². The van der Waals surface area contributed by atoms with Crippen molar-refractivity contribution in [3.63, 3.8) is 0 Å². The number of aromatic nitrogens is 3. The van der Waals surface area contributed by atoms with Gasteiger partial charge in [0.1, 0.15) is 0 Å². The summed E-state index contributed by atoms with van der Waals surface area (Å²) in [5.74, 6) is 0.0165. The Morgan fingerprint density at radius 2 is 2.08 bits per heavy atom. The second-order valence-electron chi connectivity index (χ2n) is 6.81. The molecule has 2 aliphatic rings. The van der Waals surface area contributed by atoms with E-state index in [1.165, 1.54) is 6.26 Å². The lowest BCUT2D eigenvalue weighted by molar-refractivity contribution is -0.137. The number of likely N-dealkylation sites (tertiary alicyclic amines) is 1. The van der Waals surface area contributed by atoms with Crippen molar-refractivity contribution in [3.8, 4) is 0 Å². The van der Waals surface area contributed by atoms with Crippen LogP contribution in [0.4, 0.5) is 0 Å². The van der Waals surface area contributed by atoms with Crippen LogP contribution in [-0.4, -0.2) is 59.7 Å². The van der Waals surface area contributed by atoms with Gasteiger partial charge in [0.2, 0.25) is 5.91 Å². The van der Waals surface area contributed by atoms with Crippen LogP contribution < -0.4 is 0 Å². The molecule has 1 amide bonds. The quantitative estimate of drug-likeness (QED) is 0.778. The van der Waals surface area contributed by atoms with Gasteiger partial charge in [-0.2, -0.15) is 0 Å². The van der Waals surface area contributed by atoms with Crippen molar-refractivity contribution in [2.45, 2.75) is 36.5 Å². The highest BCUT2D eigenvalue weighted by atomic mass is 32.2. The number of piperidine rings is 1. The van der Waals surface area contributed by atoms with Crippen LogP contribution in [0.3, 0.4) is 0 Å². The summed E-state index contributed by atoms with van der Waals surface area (Å²) in [5.41, 5.74) is 1.72. The van der Waals surface area contributed by atoms with Crippen molar-refractivity contribution in [2.24, 2.45) is 0 Å². The largest absolute Gasteiger partial charge is 0.370 e. The fourth-order valence-electron chi connectivity index (χ4n) is 3.55. The van der Waals surface area contributed by atoms with E-state index in [0.29, 0.717) is 19.7 Å². The summed E-state index contributed by atoms with van der Waals surface area (Å²) < 4.78 is 30.8. The van der Waals surface area contributed by atoms with Crippen molar-refractivity contribution in [2.75, 3.05) is 19.3 Å². The highest BCUT2D eigenvalue weighted by Crippen LogP contribution is 2.30. The van der Waals surface area contributed by atoms with Crippen LogP contribution in [0, 0.1) is 0 Å². The van der Waals surface area contributed by atoms with E-state index in [1.807, 2.05) is 9.58 Å². The topological polar surface area (TPSA) is 94.4 Å². The predicted octanol–water partition coefficient (Wildman–Crippen LogP) is 0.596. The predicted molar refractivity (Wildman–Crippen MR) is 92.1 cm³/mol. The van der Waals surface area contributed by atoms with Crippen LogP contribution in [-0.2, 0) is 32.4 Å². The zero-order valence-corrected chi connectivity index (χ0v) is 15.2. The molecule has 8 nitrogen and oxygen atoms in total. The maximum absolute atomic E-state index is 12.7. The van der Waals surface area contributed by atoms with Crippen molar-refractivity contribution in [1.29, 1.82) is 0 Å². The molecular formula is C17H20N4O4S. The van der Waals surface area contributed by atoms with E-state index in [9.17, 15) is 13.2 Å². The minimum atomic E-state index is -3.23.